The van der Waals surface area contributed by atoms with Gasteiger partial charge in [-0.25, -0.2) is 0 Å². The minimum absolute atomic E-state index is 0.00936. The zero-order valence-electron chi connectivity index (χ0n) is 15.0. The molecule has 4 aliphatic carbocycles. The van der Waals surface area contributed by atoms with Gasteiger partial charge in [0.1, 0.15) is 0 Å². The van der Waals surface area contributed by atoms with E-state index in [2.05, 4.69) is 12.2 Å². The fourth-order valence-electron chi connectivity index (χ4n) is 6.20. The molecule has 0 spiro atoms. The van der Waals surface area contributed by atoms with Gasteiger partial charge in [-0.2, -0.15) is 0 Å². The van der Waals surface area contributed by atoms with Gasteiger partial charge in [0.15, 0.2) is 0 Å². The smallest absolute Gasteiger partial charge is 0.273 e. The molecule has 0 radical (unpaired) electrons. The summed E-state index contributed by atoms with van der Waals surface area (Å²) in [4.78, 5) is 23.5. The average molecular weight is 342 g/mol. The summed E-state index contributed by atoms with van der Waals surface area (Å²) in [5.74, 6) is 2.34. The highest BCUT2D eigenvalue weighted by Gasteiger charge is 2.53. The van der Waals surface area contributed by atoms with Crippen molar-refractivity contribution in [1.29, 1.82) is 0 Å². The van der Waals surface area contributed by atoms with Crippen molar-refractivity contribution in [2.24, 2.45) is 23.2 Å². The Morgan fingerprint density at radius 3 is 2.28 bits per heavy atom. The number of nitrogens with one attached hydrogen (secondary N) is 1. The molecule has 5 rings (SSSR count). The molecule has 4 saturated carbocycles. The fraction of sp³-hybridized carbons (Fsp3) is 0.650. The molecule has 4 fully saturated rings. The number of hydrogen-bond acceptors (Lipinski definition) is 3. The Balaban J connectivity index is 1.54. The Morgan fingerprint density at radius 2 is 1.76 bits per heavy atom. The molecule has 0 unspecified atom stereocenters. The van der Waals surface area contributed by atoms with E-state index in [-0.39, 0.29) is 23.1 Å². The van der Waals surface area contributed by atoms with Crippen LogP contribution in [0.15, 0.2) is 18.2 Å². The van der Waals surface area contributed by atoms with Crippen LogP contribution >= 0.6 is 0 Å². The summed E-state index contributed by atoms with van der Waals surface area (Å²) >= 11 is 0. The van der Waals surface area contributed by atoms with Crippen LogP contribution in [0.4, 0.5) is 5.69 Å². The number of amides is 1. The summed E-state index contributed by atoms with van der Waals surface area (Å²) in [6, 6.07) is 4.85. The summed E-state index contributed by atoms with van der Waals surface area (Å²) in [6.07, 6.45) is 7.83. The molecule has 0 heterocycles. The number of nitro benzene ring substituents is 1. The van der Waals surface area contributed by atoms with Crippen LogP contribution in [-0.2, 0) is 0 Å². The van der Waals surface area contributed by atoms with Crippen molar-refractivity contribution < 1.29 is 9.72 Å². The van der Waals surface area contributed by atoms with Crippen molar-refractivity contribution >= 4 is 11.6 Å². The molecule has 0 saturated heterocycles. The second-order valence-corrected chi connectivity index (χ2v) is 8.68. The Morgan fingerprint density at radius 1 is 1.20 bits per heavy atom. The summed E-state index contributed by atoms with van der Waals surface area (Å²) in [6.45, 7) is 3.79. The normalized spacial score (nSPS) is 33.9. The maximum Gasteiger partial charge on any atom is 0.273 e. The number of carbonyl (C=O) groups is 1. The van der Waals surface area contributed by atoms with Crippen molar-refractivity contribution in [2.75, 3.05) is 0 Å². The van der Waals surface area contributed by atoms with Crippen molar-refractivity contribution in [3.63, 3.8) is 0 Å². The van der Waals surface area contributed by atoms with E-state index in [1.54, 1.807) is 19.1 Å². The third kappa shape index (κ3) is 2.74. The maximum absolute atomic E-state index is 12.8. The molecule has 0 aliphatic heterocycles. The van der Waals surface area contributed by atoms with Crippen LogP contribution in [-0.4, -0.2) is 16.9 Å². The second-order valence-electron chi connectivity index (χ2n) is 8.68. The first-order valence-electron chi connectivity index (χ1n) is 9.43. The van der Waals surface area contributed by atoms with Crippen LogP contribution in [0.25, 0.3) is 0 Å². The lowest BCUT2D eigenvalue weighted by Crippen LogP contribution is -2.55. The van der Waals surface area contributed by atoms with Gasteiger partial charge in [0.2, 0.25) is 0 Å². The molecule has 134 valence electrons. The van der Waals surface area contributed by atoms with E-state index in [1.165, 1.54) is 44.6 Å². The lowest BCUT2D eigenvalue weighted by molar-refractivity contribution is -0.385. The van der Waals surface area contributed by atoms with E-state index >= 15 is 0 Å². The zero-order chi connectivity index (χ0) is 17.8. The molecule has 4 aliphatic rings. The predicted octanol–water partition coefficient (Wildman–Crippen LogP) is 4.24. The van der Waals surface area contributed by atoms with Crippen LogP contribution in [0.3, 0.4) is 0 Å². The van der Waals surface area contributed by atoms with Gasteiger partial charge in [-0.1, -0.05) is 6.07 Å². The van der Waals surface area contributed by atoms with Crippen LogP contribution < -0.4 is 5.32 Å². The summed E-state index contributed by atoms with van der Waals surface area (Å²) in [5.41, 5.74) is 1.11. The molecular weight excluding hydrogens is 316 g/mol. The summed E-state index contributed by atoms with van der Waals surface area (Å²) in [7, 11) is 0. The molecule has 1 atom stereocenters. The standard InChI is InChI=1S/C20H26N2O3/c1-12-17(4-3-5-18(12)22(24)25)19(23)21-13(2)20-9-14-6-15(10-20)8-16(7-14)11-20/h3-5,13-16H,6-11H2,1-2H3,(H,21,23)/t13-,14?,15?,16?,20?/m1/s1. The number of carbonyl (C=O) groups excluding carboxylic acids is 1. The molecule has 1 aromatic rings. The van der Waals surface area contributed by atoms with Crippen molar-refractivity contribution in [3.05, 3.63) is 39.4 Å². The van der Waals surface area contributed by atoms with Crippen LogP contribution in [0.2, 0.25) is 0 Å². The Hall–Kier alpha value is -1.91. The van der Waals surface area contributed by atoms with E-state index in [0.717, 1.165) is 17.8 Å². The maximum atomic E-state index is 12.8. The molecular formula is C20H26N2O3. The zero-order valence-corrected chi connectivity index (χ0v) is 15.0. The highest BCUT2D eigenvalue weighted by atomic mass is 16.6. The number of nitro groups is 1. The number of rotatable bonds is 4. The summed E-state index contributed by atoms with van der Waals surface area (Å²) < 4.78 is 0. The molecule has 25 heavy (non-hydrogen) atoms. The fourth-order valence-corrected chi connectivity index (χ4v) is 6.20. The van der Waals surface area contributed by atoms with E-state index in [1.807, 2.05) is 0 Å². The van der Waals surface area contributed by atoms with Crippen LogP contribution in [0.1, 0.15) is 61.4 Å². The number of benzene rings is 1. The molecule has 0 aromatic heterocycles. The lowest BCUT2D eigenvalue weighted by atomic mass is 9.48. The SMILES string of the molecule is Cc1c(C(=O)N[C@H](C)C23CC4CC(CC(C4)C2)C3)cccc1[N+](=O)[O-]. The minimum atomic E-state index is -0.422. The topological polar surface area (TPSA) is 72.2 Å². The highest BCUT2D eigenvalue weighted by molar-refractivity contribution is 5.96. The number of hydrogen-bond donors (Lipinski definition) is 1. The van der Waals surface area contributed by atoms with Crippen LogP contribution in [0.5, 0.6) is 0 Å². The first-order valence-corrected chi connectivity index (χ1v) is 9.43. The van der Waals surface area contributed by atoms with Gasteiger partial charge < -0.3 is 5.32 Å². The molecule has 1 N–H and O–H groups in total. The van der Waals surface area contributed by atoms with Crippen molar-refractivity contribution in [2.45, 2.75) is 58.4 Å². The van der Waals surface area contributed by atoms with Gasteiger partial charge >= 0.3 is 0 Å². The van der Waals surface area contributed by atoms with Crippen LogP contribution in [0, 0.1) is 40.2 Å². The van der Waals surface area contributed by atoms with E-state index < -0.39 is 4.92 Å². The Bertz CT molecular complexity index is 692. The van der Waals surface area contributed by atoms with Crippen molar-refractivity contribution in [1.82, 2.24) is 5.32 Å². The van der Waals surface area contributed by atoms with Gasteiger partial charge in [-0.3, -0.25) is 14.9 Å². The first-order chi connectivity index (χ1) is 11.9. The monoisotopic (exact) mass is 342 g/mol. The average Bonchev–Trinajstić information content (AvgIpc) is 2.53. The van der Waals surface area contributed by atoms with Gasteiger partial charge in [0.25, 0.3) is 11.6 Å². The molecule has 1 amide bonds. The predicted molar refractivity (Wildman–Crippen MR) is 95.4 cm³/mol. The Kier molecular flexibility index (Phi) is 3.85. The molecule has 4 bridgehead atoms. The van der Waals surface area contributed by atoms with Gasteiger partial charge in [0.05, 0.1) is 4.92 Å². The van der Waals surface area contributed by atoms with Gasteiger partial charge in [-0.05, 0) is 81.6 Å². The largest absolute Gasteiger partial charge is 0.349 e. The quantitative estimate of drug-likeness (QED) is 0.657. The Labute approximate surface area is 148 Å². The third-order valence-corrected chi connectivity index (χ3v) is 7.10. The van der Waals surface area contributed by atoms with E-state index in [0.29, 0.717) is 11.1 Å². The molecule has 5 heteroatoms. The lowest BCUT2D eigenvalue weighted by Gasteiger charge is -2.59. The van der Waals surface area contributed by atoms with E-state index in [9.17, 15) is 14.9 Å². The van der Waals surface area contributed by atoms with Gasteiger partial charge in [0, 0.05) is 23.2 Å². The van der Waals surface area contributed by atoms with E-state index in [4.69, 9.17) is 0 Å². The molecule has 5 nitrogen and oxygen atoms in total. The first kappa shape index (κ1) is 16.6. The van der Waals surface area contributed by atoms with Gasteiger partial charge in [-0.15, -0.1) is 0 Å². The summed E-state index contributed by atoms with van der Waals surface area (Å²) in [5, 5.41) is 14.3. The third-order valence-electron chi connectivity index (χ3n) is 7.10. The number of nitrogens with zero attached hydrogens (tertiary/aromatic N) is 1. The highest BCUT2D eigenvalue weighted by Crippen LogP contribution is 2.61. The molecule has 1 aromatic carbocycles. The minimum Gasteiger partial charge on any atom is -0.349 e. The van der Waals surface area contributed by atoms with Crippen molar-refractivity contribution in [3.8, 4) is 0 Å². The second kappa shape index (κ2) is 5.82.